The third-order valence-electron chi connectivity index (χ3n) is 3.59. The van der Waals surface area contributed by atoms with Crippen molar-refractivity contribution in [2.75, 3.05) is 21.5 Å². The molecule has 0 aliphatic heterocycles. The maximum Gasteiger partial charge on any atom is 0.232 e. The number of nitrogens with two attached hydrogens (primary N) is 1. The van der Waals surface area contributed by atoms with Gasteiger partial charge in [-0.3, -0.25) is 9.52 Å². The molecule has 0 radical (unpaired) electrons. The topological polar surface area (TPSA) is 101 Å². The molecule has 0 aromatic heterocycles. The van der Waals surface area contributed by atoms with Gasteiger partial charge >= 0.3 is 0 Å². The smallest absolute Gasteiger partial charge is 0.232 e. The quantitative estimate of drug-likeness (QED) is 0.629. The third kappa shape index (κ3) is 6.11. The molecule has 25 heavy (non-hydrogen) atoms. The van der Waals surface area contributed by atoms with Gasteiger partial charge in [-0.2, -0.15) is 0 Å². The maximum absolute atomic E-state index is 12.0. The number of aryl methyl sites for hydroxylation is 1. The zero-order chi connectivity index (χ0) is 18.3. The molecule has 2 rings (SSSR count). The Morgan fingerprint density at radius 3 is 2.32 bits per heavy atom. The highest BCUT2D eigenvalue weighted by molar-refractivity contribution is 7.92. The van der Waals surface area contributed by atoms with E-state index in [0.717, 1.165) is 5.56 Å². The van der Waals surface area contributed by atoms with Gasteiger partial charge in [-0.1, -0.05) is 25.1 Å². The average Bonchev–Trinajstić information content (AvgIpc) is 2.55. The fourth-order valence-electron chi connectivity index (χ4n) is 2.35. The number of nitrogens with one attached hydrogen (secondary N) is 2. The molecule has 0 aliphatic rings. The number of rotatable bonds is 8. The van der Waals surface area contributed by atoms with Crippen molar-refractivity contribution in [1.29, 1.82) is 0 Å². The predicted molar refractivity (Wildman–Crippen MR) is 102 cm³/mol. The van der Waals surface area contributed by atoms with Crippen LogP contribution in [0.25, 0.3) is 0 Å². The molecule has 6 nitrogen and oxygen atoms in total. The number of sulfonamides is 1. The fraction of sp³-hybridized carbons (Fsp3) is 0.278. The summed E-state index contributed by atoms with van der Waals surface area (Å²) in [7, 11) is -3.31. The first-order chi connectivity index (χ1) is 11.9. The maximum atomic E-state index is 12.0. The van der Waals surface area contributed by atoms with Crippen molar-refractivity contribution in [1.82, 2.24) is 0 Å². The zero-order valence-corrected chi connectivity index (χ0v) is 15.0. The third-order valence-corrected chi connectivity index (χ3v) is 5.08. The number of carbonyl (C=O) groups excluding carboxylic acids is 1. The molecule has 7 heteroatoms. The average molecular weight is 361 g/mol. The van der Waals surface area contributed by atoms with E-state index < -0.39 is 10.0 Å². The minimum absolute atomic E-state index is 0.0775. The van der Waals surface area contributed by atoms with E-state index >= 15 is 0 Å². The standard InChI is InChI=1S/C18H23N3O3S/c1-2-13-25(23,24)21-16-10-8-15(9-11-16)20-18(22)12-7-14-5-3-4-6-17(14)19/h3-6,8-11,21H,2,7,12-13,19H2,1H3,(H,20,22). The fourth-order valence-corrected chi connectivity index (χ4v) is 3.49. The lowest BCUT2D eigenvalue weighted by molar-refractivity contribution is -0.116. The van der Waals surface area contributed by atoms with E-state index in [1.54, 1.807) is 31.2 Å². The monoisotopic (exact) mass is 361 g/mol. The van der Waals surface area contributed by atoms with Crippen LogP contribution in [0, 0.1) is 0 Å². The lowest BCUT2D eigenvalue weighted by atomic mass is 10.1. The zero-order valence-electron chi connectivity index (χ0n) is 14.2. The Kier molecular flexibility index (Phi) is 6.41. The molecule has 0 heterocycles. The summed E-state index contributed by atoms with van der Waals surface area (Å²) < 4.78 is 25.9. The van der Waals surface area contributed by atoms with E-state index in [2.05, 4.69) is 10.0 Å². The molecule has 4 N–H and O–H groups in total. The van der Waals surface area contributed by atoms with Gasteiger partial charge in [-0.15, -0.1) is 0 Å². The van der Waals surface area contributed by atoms with Crippen LogP contribution in [0.5, 0.6) is 0 Å². The van der Waals surface area contributed by atoms with Crippen molar-refractivity contribution in [3.8, 4) is 0 Å². The Morgan fingerprint density at radius 1 is 1.04 bits per heavy atom. The second kappa shape index (κ2) is 8.53. The minimum atomic E-state index is -3.31. The van der Waals surface area contributed by atoms with Gasteiger partial charge in [0.25, 0.3) is 0 Å². The normalized spacial score (nSPS) is 11.1. The van der Waals surface area contributed by atoms with E-state index in [0.29, 0.717) is 36.3 Å². The van der Waals surface area contributed by atoms with Crippen LogP contribution in [0.2, 0.25) is 0 Å². The van der Waals surface area contributed by atoms with Gasteiger partial charge in [0.2, 0.25) is 15.9 Å². The van der Waals surface area contributed by atoms with Crippen molar-refractivity contribution < 1.29 is 13.2 Å². The number of nitrogen functional groups attached to an aromatic ring is 1. The van der Waals surface area contributed by atoms with Crippen molar-refractivity contribution in [2.45, 2.75) is 26.2 Å². The lowest BCUT2D eigenvalue weighted by Gasteiger charge is -2.09. The molecule has 0 atom stereocenters. The summed E-state index contributed by atoms with van der Waals surface area (Å²) in [6.45, 7) is 1.81. The van der Waals surface area contributed by atoms with Crippen LogP contribution >= 0.6 is 0 Å². The van der Waals surface area contributed by atoms with Crippen LogP contribution in [-0.2, 0) is 21.2 Å². The summed E-state index contributed by atoms with van der Waals surface area (Å²) in [6.07, 6.45) is 1.43. The van der Waals surface area contributed by atoms with E-state index in [4.69, 9.17) is 5.73 Å². The lowest BCUT2D eigenvalue weighted by Crippen LogP contribution is -2.16. The SMILES string of the molecule is CCCS(=O)(=O)Nc1ccc(NC(=O)CCc2ccccc2N)cc1. The molecule has 2 aromatic carbocycles. The molecule has 0 spiro atoms. The van der Waals surface area contributed by atoms with Gasteiger partial charge in [-0.25, -0.2) is 8.42 Å². The second-order valence-corrected chi connectivity index (χ2v) is 7.59. The number of carbonyl (C=O) groups is 1. The summed E-state index contributed by atoms with van der Waals surface area (Å²) in [5, 5.41) is 2.79. The van der Waals surface area contributed by atoms with Gasteiger partial charge in [-0.05, 0) is 48.7 Å². The number of benzene rings is 2. The summed E-state index contributed by atoms with van der Waals surface area (Å²) in [6, 6.07) is 14.0. The van der Waals surface area contributed by atoms with Crippen LogP contribution in [0.15, 0.2) is 48.5 Å². The van der Waals surface area contributed by atoms with Crippen molar-refractivity contribution in [2.24, 2.45) is 0 Å². The van der Waals surface area contributed by atoms with Crippen molar-refractivity contribution in [3.05, 3.63) is 54.1 Å². The van der Waals surface area contributed by atoms with Crippen molar-refractivity contribution in [3.63, 3.8) is 0 Å². The van der Waals surface area contributed by atoms with E-state index in [1.807, 2.05) is 24.3 Å². The number of hydrogen-bond acceptors (Lipinski definition) is 4. The molecule has 1 amide bonds. The summed E-state index contributed by atoms with van der Waals surface area (Å²) >= 11 is 0. The van der Waals surface area contributed by atoms with E-state index in [-0.39, 0.29) is 11.7 Å². The first-order valence-electron chi connectivity index (χ1n) is 8.13. The van der Waals surface area contributed by atoms with Crippen LogP contribution < -0.4 is 15.8 Å². The largest absolute Gasteiger partial charge is 0.399 e. The van der Waals surface area contributed by atoms with Gasteiger partial charge in [0, 0.05) is 23.5 Å². The minimum Gasteiger partial charge on any atom is -0.399 e. The first-order valence-corrected chi connectivity index (χ1v) is 9.78. The molecule has 0 saturated carbocycles. The van der Waals surface area contributed by atoms with Crippen LogP contribution in [-0.4, -0.2) is 20.1 Å². The Hall–Kier alpha value is -2.54. The van der Waals surface area contributed by atoms with E-state index in [9.17, 15) is 13.2 Å². The Bertz CT molecular complexity index is 818. The van der Waals surface area contributed by atoms with Gasteiger partial charge in [0.1, 0.15) is 0 Å². The summed E-state index contributed by atoms with van der Waals surface area (Å²) in [5.74, 6) is -0.0451. The van der Waals surface area contributed by atoms with Crippen LogP contribution in [0.4, 0.5) is 17.1 Å². The molecule has 0 aliphatic carbocycles. The summed E-state index contributed by atoms with van der Waals surface area (Å²) in [4.78, 5) is 12.0. The number of hydrogen-bond donors (Lipinski definition) is 3. The highest BCUT2D eigenvalue weighted by Gasteiger charge is 2.09. The molecule has 0 bridgehead atoms. The highest BCUT2D eigenvalue weighted by atomic mass is 32.2. The first kappa shape index (κ1) is 18.8. The van der Waals surface area contributed by atoms with Gasteiger partial charge in [0.05, 0.1) is 5.75 Å². The Morgan fingerprint density at radius 2 is 1.68 bits per heavy atom. The number of amides is 1. The van der Waals surface area contributed by atoms with E-state index in [1.165, 1.54) is 0 Å². The van der Waals surface area contributed by atoms with Gasteiger partial charge in [0.15, 0.2) is 0 Å². The van der Waals surface area contributed by atoms with Crippen molar-refractivity contribution >= 4 is 33.0 Å². The number of para-hydroxylation sites is 1. The molecule has 0 saturated heterocycles. The molecular weight excluding hydrogens is 338 g/mol. The predicted octanol–water partition coefficient (Wildman–Crippen LogP) is 2.99. The van der Waals surface area contributed by atoms with Crippen LogP contribution in [0.1, 0.15) is 25.3 Å². The molecule has 134 valence electrons. The highest BCUT2D eigenvalue weighted by Crippen LogP contribution is 2.17. The van der Waals surface area contributed by atoms with Gasteiger partial charge < -0.3 is 11.1 Å². The van der Waals surface area contributed by atoms with Crippen LogP contribution in [0.3, 0.4) is 0 Å². The number of anilines is 3. The second-order valence-electron chi connectivity index (χ2n) is 5.75. The molecule has 0 unspecified atom stereocenters. The molecular formula is C18H23N3O3S. The Labute approximate surface area is 148 Å². The molecule has 0 fully saturated rings. The molecule has 2 aromatic rings. The summed E-state index contributed by atoms with van der Waals surface area (Å²) in [5.41, 5.74) is 8.57. The Balaban J connectivity index is 1.88.